The zero-order valence-corrected chi connectivity index (χ0v) is 12.6. The Balaban J connectivity index is 1.81. The molecule has 5 heteroatoms. The first-order valence-corrected chi connectivity index (χ1v) is 7.60. The Morgan fingerprint density at radius 2 is 2.19 bits per heavy atom. The maximum Gasteiger partial charge on any atom is 0.276 e. The number of benzene rings is 1. The van der Waals surface area contributed by atoms with Crippen molar-refractivity contribution in [3.05, 3.63) is 41.0 Å². The number of aromatic nitrogens is 1. The molecule has 2 aromatic rings. The highest BCUT2D eigenvalue weighted by atomic mass is 35.5. The first-order valence-electron chi connectivity index (χ1n) is 7.22. The number of carbonyl (C=O) groups excluding carboxylic acids is 1. The number of amides is 1. The van der Waals surface area contributed by atoms with Crippen molar-refractivity contribution in [1.29, 1.82) is 0 Å². The van der Waals surface area contributed by atoms with E-state index in [1.807, 2.05) is 17.0 Å². The van der Waals surface area contributed by atoms with Gasteiger partial charge < -0.3 is 9.42 Å². The summed E-state index contributed by atoms with van der Waals surface area (Å²) in [7, 11) is 0. The maximum atomic E-state index is 12.5. The molecule has 3 rings (SSSR count). The van der Waals surface area contributed by atoms with Crippen molar-refractivity contribution in [2.45, 2.75) is 32.2 Å². The minimum atomic E-state index is -0.0386. The van der Waals surface area contributed by atoms with E-state index in [0.717, 1.165) is 31.4 Å². The summed E-state index contributed by atoms with van der Waals surface area (Å²) in [6, 6.07) is 9.30. The van der Waals surface area contributed by atoms with Crippen molar-refractivity contribution in [3.8, 4) is 11.3 Å². The average Bonchev–Trinajstić information content (AvgIpc) is 3.16. The fraction of sp³-hybridized carbons (Fsp3) is 0.375. The summed E-state index contributed by atoms with van der Waals surface area (Å²) >= 11 is 5.87. The number of hydrogen-bond acceptors (Lipinski definition) is 3. The van der Waals surface area contributed by atoms with Gasteiger partial charge in [0.1, 0.15) is 0 Å². The molecule has 0 spiro atoms. The average molecular weight is 305 g/mol. The third-order valence-corrected chi connectivity index (χ3v) is 4.22. The van der Waals surface area contributed by atoms with E-state index in [9.17, 15) is 4.79 Å². The maximum absolute atomic E-state index is 12.5. The molecule has 1 saturated heterocycles. The third kappa shape index (κ3) is 2.81. The van der Waals surface area contributed by atoms with Crippen LogP contribution in [0.4, 0.5) is 0 Å². The van der Waals surface area contributed by atoms with E-state index in [1.54, 1.807) is 18.2 Å². The van der Waals surface area contributed by atoms with E-state index in [4.69, 9.17) is 16.1 Å². The summed E-state index contributed by atoms with van der Waals surface area (Å²) in [5, 5.41) is 4.59. The van der Waals surface area contributed by atoms with Crippen LogP contribution < -0.4 is 0 Å². The number of nitrogens with zero attached hydrogens (tertiary/aromatic N) is 2. The highest BCUT2D eigenvalue weighted by Crippen LogP contribution is 2.25. The monoisotopic (exact) mass is 304 g/mol. The largest absolute Gasteiger partial charge is 0.355 e. The lowest BCUT2D eigenvalue weighted by molar-refractivity contribution is 0.0723. The Morgan fingerprint density at radius 1 is 1.43 bits per heavy atom. The van der Waals surface area contributed by atoms with Gasteiger partial charge in [-0.2, -0.15) is 0 Å². The van der Waals surface area contributed by atoms with E-state index >= 15 is 0 Å². The van der Waals surface area contributed by atoms with Crippen LogP contribution in [-0.4, -0.2) is 28.6 Å². The van der Waals surface area contributed by atoms with Crippen LogP contribution in [0.3, 0.4) is 0 Å². The molecule has 0 aliphatic carbocycles. The summed E-state index contributed by atoms with van der Waals surface area (Å²) in [5.41, 5.74) is 1.24. The molecule has 0 bridgehead atoms. The normalized spacial score (nSPS) is 18.2. The Morgan fingerprint density at radius 3 is 2.90 bits per heavy atom. The van der Waals surface area contributed by atoms with Crippen molar-refractivity contribution >= 4 is 17.5 Å². The van der Waals surface area contributed by atoms with Crippen molar-refractivity contribution in [2.75, 3.05) is 6.54 Å². The number of halogens is 1. The van der Waals surface area contributed by atoms with Crippen LogP contribution in [0.2, 0.25) is 5.02 Å². The number of likely N-dealkylation sites (tertiary alicyclic amines) is 1. The van der Waals surface area contributed by atoms with Gasteiger partial charge in [0.05, 0.1) is 0 Å². The first-order chi connectivity index (χ1) is 10.2. The molecule has 0 saturated carbocycles. The fourth-order valence-electron chi connectivity index (χ4n) is 2.80. The van der Waals surface area contributed by atoms with Gasteiger partial charge in [0.15, 0.2) is 11.5 Å². The van der Waals surface area contributed by atoms with Gasteiger partial charge in [-0.3, -0.25) is 4.79 Å². The number of rotatable bonds is 3. The van der Waals surface area contributed by atoms with Crippen LogP contribution in [-0.2, 0) is 0 Å². The fourth-order valence-corrected chi connectivity index (χ4v) is 2.93. The van der Waals surface area contributed by atoms with Crippen molar-refractivity contribution in [1.82, 2.24) is 10.1 Å². The zero-order valence-electron chi connectivity index (χ0n) is 11.9. The molecule has 1 aromatic heterocycles. The molecular formula is C16H17ClN2O2. The molecule has 0 radical (unpaired) electrons. The van der Waals surface area contributed by atoms with Gasteiger partial charge in [-0.15, -0.1) is 0 Å². The van der Waals surface area contributed by atoms with Crippen molar-refractivity contribution < 1.29 is 9.32 Å². The van der Waals surface area contributed by atoms with Crippen LogP contribution in [0, 0.1) is 0 Å². The van der Waals surface area contributed by atoms with Gasteiger partial charge in [0, 0.05) is 29.2 Å². The van der Waals surface area contributed by atoms with Crippen LogP contribution in [0.25, 0.3) is 11.3 Å². The van der Waals surface area contributed by atoms with E-state index in [0.29, 0.717) is 22.5 Å². The molecule has 1 fully saturated rings. The summed E-state index contributed by atoms with van der Waals surface area (Å²) in [5.74, 6) is 0.547. The van der Waals surface area contributed by atoms with Gasteiger partial charge in [-0.1, -0.05) is 23.7 Å². The lowest BCUT2D eigenvalue weighted by Gasteiger charge is -2.22. The highest BCUT2D eigenvalue weighted by Gasteiger charge is 2.29. The van der Waals surface area contributed by atoms with Crippen LogP contribution in [0.1, 0.15) is 36.7 Å². The molecule has 1 unspecified atom stereocenters. The van der Waals surface area contributed by atoms with E-state index < -0.39 is 0 Å². The minimum Gasteiger partial charge on any atom is -0.355 e. The Bertz CT molecular complexity index is 636. The van der Waals surface area contributed by atoms with Gasteiger partial charge in [0.25, 0.3) is 5.91 Å². The van der Waals surface area contributed by atoms with Crippen LogP contribution in [0.5, 0.6) is 0 Å². The van der Waals surface area contributed by atoms with E-state index in [2.05, 4.69) is 12.1 Å². The van der Waals surface area contributed by atoms with Crippen molar-refractivity contribution in [2.24, 2.45) is 0 Å². The summed E-state index contributed by atoms with van der Waals surface area (Å²) in [6.45, 7) is 2.92. The first kappa shape index (κ1) is 14.1. The molecule has 2 heterocycles. The molecule has 1 atom stereocenters. The molecule has 1 aromatic carbocycles. The van der Waals surface area contributed by atoms with Crippen molar-refractivity contribution in [3.63, 3.8) is 0 Å². The quantitative estimate of drug-likeness (QED) is 0.860. The second-order valence-corrected chi connectivity index (χ2v) is 5.72. The zero-order chi connectivity index (χ0) is 14.8. The molecule has 4 nitrogen and oxygen atoms in total. The topological polar surface area (TPSA) is 46.3 Å². The smallest absolute Gasteiger partial charge is 0.276 e. The summed E-state index contributed by atoms with van der Waals surface area (Å²) in [6.07, 6.45) is 3.11. The third-order valence-electron chi connectivity index (χ3n) is 3.97. The minimum absolute atomic E-state index is 0.0386. The Kier molecular flexibility index (Phi) is 3.97. The summed E-state index contributed by atoms with van der Waals surface area (Å²) in [4.78, 5) is 14.4. The molecule has 0 N–H and O–H groups in total. The van der Waals surface area contributed by atoms with Gasteiger partial charge in [-0.05, 0) is 43.5 Å². The Hall–Kier alpha value is -1.81. The lowest BCUT2D eigenvalue weighted by atomic mass is 10.1. The number of hydrogen-bond donors (Lipinski definition) is 0. The summed E-state index contributed by atoms with van der Waals surface area (Å²) < 4.78 is 5.30. The van der Waals surface area contributed by atoms with Crippen LogP contribution in [0.15, 0.2) is 34.9 Å². The van der Waals surface area contributed by atoms with E-state index in [-0.39, 0.29) is 5.91 Å². The molecule has 21 heavy (non-hydrogen) atoms. The lowest BCUT2D eigenvalue weighted by Crippen LogP contribution is -2.35. The van der Waals surface area contributed by atoms with E-state index in [1.165, 1.54) is 0 Å². The van der Waals surface area contributed by atoms with Gasteiger partial charge in [0.2, 0.25) is 0 Å². The number of carbonyl (C=O) groups is 1. The van der Waals surface area contributed by atoms with Gasteiger partial charge in [-0.25, -0.2) is 0 Å². The molecule has 110 valence electrons. The molecule has 1 aliphatic heterocycles. The predicted molar refractivity (Wildman–Crippen MR) is 81.3 cm³/mol. The molecule has 1 aliphatic rings. The second-order valence-electron chi connectivity index (χ2n) is 5.29. The molecular weight excluding hydrogens is 288 g/mol. The standard InChI is InChI=1S/C16H17ClN2O2/c1-2-13-4-3-9-19(13)16(20)14-10-15(21-18-14)11-5-7-12(17)8-6-11/h5-8,10,13H,2-4,9H2,1H3. The molecule has 1 amide bonds. The SMILES string of the molecule is CCC1CCCN1C(=O)c1cc(-c2ccc(Cl)cc2)on1. The highest BCUT2D eigenvalue weighted by molar-refractivity contribution is 6.30. The predicted octanol–water partition coefficient (Wildman–Crippen LogP) is 4.01. The van der Waals surface area contributed by atoms with Gasteiger partial charge >= 0.3 is 0 Å². The van der Waals surface area contributed by atoms with Crippen LogP contribution >= 0.6 is 11.6 Å². The second kappa shape index (κ2) is 5.90. The Labute approximate surface area is 128 Å².